The molecule has 0 N–H and O–H groups in total. The van der Waals surface area contributed by atoms with Gasteiger partial charge in [0.15, 0.2) is 12.6 Å². The third-order valence-corrected chi connectivity index (χ3v) is 3.11. The number of allylic oxidation sites excluding steroid dienone is 1. The van der Waals surface area contributed by atoms with Gasteiger partial charge in [0.25, 0.3) is 0 Å². The number of fused-ring (bicyclic) bond motifs is 1. The Labute approximate surface area is 119 Å². The highest BCUT2D eigenvalue weighted by atomic mass is 16.7. The van der Waals surface area contributed by atoms with Crippen LogP contribution in [0.15, 0.2) is 24.8 Å². The molecule has 0 aliphatic carbocycles. The molecule has 4 nitrogen and oxygen atoms in total. The van der Waals surface area contributed by atoms with E-state index in [0.29, 0.717) is 29.9 Å². The molecule has 4 heteroatoms. The van der Waals surface area contributed by atoms with Gasteiger partial charge in [0.05, 0.1) is 12.0 Å². The molecule has 0 amide bonds. The van der Waals surface area contributed by atoms with E-state index in [-0.39, 0.29) is 12.6 Å². The maximum absolute atomic E-state index is 12.3. The van der Waals surface area contributed by atoms with Crippen LogP contribution in [0.3, 0.4) is 0 Å². The first-order chi connectivity index (χ1) is 9.46. The van der Waals surface area contributed by atoms with Crippen LogP contribution in [0.5, 0.6) is 11.5 Å². The van der Waals surface area contributed by atoms with E-state index in [1.54, 1.807) is 19.3 Å². The number of Topliss-reactive ketones (excluding diaryl/α,β-unsaturated/α-hetero) is 1. The Morgan fingerprint density at radius 3 is 2.85 bits per heavy atom. The Kier molecular flexibility index (Phi) is 4.14. The minimum atomic E-state index is -0.477. The maximum atomic E-state index is 12.3. The van der Waals surface area contributed by atoms with Gasteiger partial charge in [-0.3, -0.25) is 4.79 Å². The highest BCUT2D eigenvalue weighted by Crippen LogP contribution is 2.38. The van der Waals surface area contributed by atoms with E-state index in [2.05, 4.69) is 6.58 Å². The van der Waals surface area contributed by atoms with Crippen molar-refractivity contribution in [1.82, 2.24) is 0 Å². The van der Waals surface area contributed by atoms with Crippen molar-refractivity contribution in [3.63, 3.8) is 0 Å². The predicted octanol–water partition coefficient (Wildman–Crippen LogP) is 3.14. The van der Waals surface area contributed by atoms with Gasteiger partial charge in [0.1, 0.15) is 17.1 Å². The topological polar surface area (TPSA) is 44.8 Å². The van der Waals surface area contributed by atoms with E-state index >= 15 is 0 Å². The molecule has 0 fully saturated rings. The lowest BCUT2D eigenvalue weighted by molar-refractivity contribution is 0.0493. The van der Waals surface area contributed by atoms with Crippen molar-refractivity contribution in [1.29, 1.82) is 0 Å². The highest BCUT2D eigenvalue weighted by molar-refractivity contribution is 6.01. The summed E-state index contributed by atoms with van der Waals surface area (Å²) in [5.74, 6) is 1.33. The summed E-state index contributed by atoms with van der Waals surface area (Å²) in [4.78, 5) is 12.3. The summed E-state index contributed by atoms with van der Waals surface area (Å²) in [5, 5.41) is 0. The molecule has 0 saturated heterocycles. The molecule has 0 radical (unpaired) electrons. The fraction of sp³-hybridized carbons (Fsp3) is 0.438. The van der Waals surface area contributed by atoms with Gasteiger partial charge in [-0.05, 0) is 32.4 Å². The molecule has 108 valence electrons. The number of carbonyl (C=O) groups excluding carboxylic acids is 1. The van der Waals surface area contributed by atoms with E-state index in [9.17, 15) is 4.79 Å². The van der Waals surface area contributed by atoms with Gasteiger partial charge >= 0.3 is 0 Å². The Morgan fingerprint density at radius 2 is 2.20 bits per heavy atom. The van der Waals surface area contributed by atoms with Gasteiger partial charge in [0, 0.05) is 12.7 Å². The molecule has 0 aromatic heterocycles. The lowest BCUT2D eigenvalue weighted by atomic mass is 9.91. The Hall–Kier alpha value is -1.81. The zero-order valence-corrected chi connectivity index (χ0v) is 12.2. The fourth-order valence-corrected chi connectivity index (χ4v) is 2.30. The number of carbonyl (C=O) groups is 1. The van der Waals surface area contributed by atoms with E-state index in [0.717, 1.165) is 5.56 Å². The molecule has 1 aliphatic heterocycles. The molecule has 1 aliphatic rings. The largest absolute Gasteiger partial charge is 0.486 e. The van der Waals surface area contributed by atoms with Gasteiger partial charge < -0.3 is 14.2 Å². The summed E-state index contributed by atoms with van der Waals surface area (Å²) in [6.07, 6.45) is 2.77. The summed E-state index contributed by atoms with van der Waals surface area (Å²) in [6.45, 7) is 7.73. The van der Waals surface area contributed by atoms with E-state index in [4.69, 9.17) is 14.2 Å². The average Bonchev–Trinajstić information content (AvgIpc) is 2.37. The molecule has 0 unspecified atom stereocenters. The number of ether oxygens (including phenoxy) is 3. The van der Waals surface area contributed by atoms with E-state index in [1.807, 2.05) is 19.9 Å². The van der Waals surface area contributed by atoms with Crippen molar-refractivity contribution in [3.05, 3.63) is 35.9 Å². The quantitative estimate of drug-likeness (QED) is 0.612. The van der Waals surface area contributed by atoms with E-state index < -0.39 is 5.60 Å². The molecule has 2 rings (SSSR count). The molecule has 1 heterocycles. The van der Waals surface area contributed by atoms with Gasteiger partial charge in [-0.15, -0.1) is 6.58 Å². The van der Waals surface area contributed by atoms with Gasteiger partial charge in [-0.2, -0.15) is 0 Å². The molecule has 0 spiro atoms. The molecule has 0 saturated carbocycles. The van der Waals surface area contributed by atoms with Crippen molar-refractivity contribution in [2.24, 2.45) is 0 Å². The van der Waals surface area contributed by atoms with Crippen LogP contribution in [0.2, 0.25) is 0 Å². The highest BCUT2D eigenvalue weighted by Gasteiger charge is 2.34. The minimum Gasteiger partial charge on any atom is -0.486 e. The van der Waals surface area contributed by atoms with Crippen molar-refractivity contribution in [2.45, 2.75) is 32.3 Å². The normalized spacial score (nSPS) is 16.2. The molecule has 1 aromatic carbocycles. The first-order valence-corrected chi connectivity index (χ1v) is 6.58. The number of rotatable bonds is 5. The number of benzene rings is 1. The molecule has 1 aromatic rings. The number of hydrogen-bond donors (Lipinski definition) is 0. The summed E-state index contributed by atoms with van der Waals surface area (Å²) >= 11 is 0. The van der Waals surface area contributed by atoms with Crippen LogP contribution in [-0.4, -0.2) is 25.3 Å². The van der Waals surface area contributed by atoms with Crippen LogP contribution in [0.25, 0.3) is 0 Å². The van der Waals surface area contributed by atoms with Gasteiger partial charge in [-0.25, -0.2) is 0 Å². The van der Waals surface area contributed by atoms with Crippen molar-refractivity contribution >= 4 is 5.78 Å². The second-order valence-corrected chi connectivity index (χ2v) is 5.46. The summed E-state index contributed by atoms with van der Waals surface area (Å²) in [7, 11) is 1.56. The first kappa shape index (κ1) is 14.6. The number of ketones is 1. The van der Waals surface area contributed by atoms with Crippen LogP contribution >= 0.6 is 0 Å². The second-order valence-electron chi connectivity index (χ2n) is 5.46. The fourth-order valence-electron chi connectivity index (χ4n) is 2.30. The molecular weight excluding hydrogens is 256 g/mol. The lowest BCUT2D eigenvalue weighted by Crippen LogP contribution is -2.36. The summed E-state index contributed by atoms with van der Waals surface area (Å²) in [5.41, 5.74) is 1.01. The zero-order valence-electron chi connectivity index (χ0n) is 12.2. The number of methoxy groups -OCH3 is 1. The third kappa shape index (κ3) is 3.02. The lowest BCUT2D eigenvalue weighted by Gasteiger charge is -2.33. The Bertz CT molecular complexity index is 532. The van der Waals surface area contributed by atoms with Crippen molar-refractivity contribution < 1.29 is 19.0 Å². The van der Waals surface area contributed by atoms with E-state index in [1.165, 1.54) is 0 Å². The first-order valence-electron chi connectivity index (χ1n) is 6.58. The summed E-state index contributed by atoms with van der Waals surface area (Å²) < 4.78 is 16.3. The molecule has 0 bridgehead atoms. The second kappa shape index (κ2) is 5.67. The minimum absolute atomic E-state index is 0.0735. The maximum Gasteiger partial charge on any atom is 0.188 e. The Morgan fingerprint density at radius 1 is 1.45 bits per heavy atom. The number of hydrogen-bond acceptors (Lipinski definition) is 4. The SMILES string of the molecule is C=CCc1cc(OCOC)cc2c1OC(C)(C)CC2=O. The predicted molar refractivity (Wildman–Crippen MR) is 76.5 cm³/mol. The Balaban J connectivity index is 2.46. The van der Waals surface area contributed by atoms with Crippen molar-refractivity contribution in [2.75, 3.05) is 13.9 Å². The monoisotopic (exact) mass is 276 g/mol. The smallest absolute Gasteiger partial charge is 0.188 e. The van der Waals surface area contributed by atoms with Crippen LogP contribution in [-0.2, 0) is 11.2 Å². The van der Waals surface area contributed by atoms with Gasteiger partial charge in [0.2, 0.25) is 0 Å². The standard InChI is InChI=1S/C16H20O4/c1-5-6-11-7-12(19-10-18-4)8-13-14(17)9-16(2,3)20-15(11)13/h5,7-8H,1,6,9-10H2,2-4H3. The van der Waals surface area contributed by atoms with Crippen LogP contribution in [0.4, 0.5) is 0 Å². The zero-order chi connectivity index (χ0) is 14.8. The summed E-state index contributed by atoms with van der Waals surface area (Å²) in [6, 6.07) is 3.59. The third-order valence-electron chi connectivity index (χ3n) is 3.11. The molecular formula is C16H20O4. The van der Waals surface area contributed by atoms with Crippen molar-refractivity contribution in [3.8, 4) is 11.5 Å². The van der Waals surface area contributed by atoms with Crippen LogP contribution in [0.1, 0.15) is 36.2 Å². The molecule has 20 heavy (non-hydrogen) atoms. The molecule has 0 atom stereocenters. The average molecular weight is 276 g/mol. The van der Waals surface area contributed by atoms with Crippen LogP contribution in [0, 0.1) is 0 Å². The van der Waals surface area contributed by atoms with Crippen LogP contribution < -0.4 is 9.47 Å². The van der Waals surface area contributed by atoms with Gasteiger partial charge in [-0.1, -0.05) is 6.08 Å².